The highest BCUT2D eigenvalue weighted by Gasteiger charge is 2.16. The highest BCUT2D eigenvalue weighted by molar-refractivity contribution is 7.98. The maximum absolute atomic E-state index is 11.3. The van der Waals surface area contributed by atoms with Gasteiger partial charge in [0.2, 0.25) is 0 Å². The molecule has 1 N–H and O–H groups in total. The van der Waals surface area contributed by atoms with Crippen LogP contribution in [-0.2, 0) is 9.53 Å². The molecular weight excluding hydrogens is 240 g/mol. The Morgan fingerprint density at radius 1 is 1.71 bits per heavy atom. The summed E-state index contributed by atoms with van der Waals surface area (Å²) in [6.07, 6.45) is 2.23. The van der Waals surface area contributed by atoms with Gasteiger partial charge >= 0.3 is 5.97 Å². The Morgan fingerprint density at radius 3 is 3.00 bits per heavy atom. The molecule has 5 nitrogen and oxygen atoms in total. The summed E-state index contributed by atoms with van der Waals surface area (Å²) in [6, 6.07) is 1.57. The van der Waals surface area contributed by atoms with Crippen LogP contribution in [0.3, 0.4) is 0 Å². The van der Waals surface area contributed by atoms with Crippen LogP contribution < -0.4 is 0 Å². The van der Waals surface area contributed by atoms with Crippen LogP contribution in [-0.4, -0.2) is 27.3 Å². The van der Waals surface area contributed by atoms with E-state index < -0.39 is 12.1 Å². The number of nitrogens with zero attached hydrogens (tertiary/aromatic N) is 2. The molecular formula is C11H14N2O3S. The van der Waals surface area contributed by atoms with Crippen LogP contribution in [0.25, 0.3) is 0 Å². The number of carbonyl (C=O) groups excluding carboxylic acids is 1. The van der Waals surface area contributed by atoms with E-state index in [2.05, 4.69) is 16.5 Å². The van der Waals surface area contributed by atoms with Gasteiger partial charge in [0.1, 0.15) is 6.10 Å². The summed E-state index contributed by atoms with van der Waals surface area (Å²) >= 11 is 1.37. The molecule has 0 aliphatic carbocycles. The third kappa shape index (κ3) is 4.54. The number of hydrogen-bond donors (Lipinski definition) is 1. The summed E-state index contributed by atoms with van der Waals surface area (Å²) in [5, 5.41) is 10.3. The Kier molecular flexibility index (Phi) is 5.11. The van der Waals surface area contributed by atoms with E-state index in [1.54, 1.807) is 19.2 Å². The van der Waals surface area contributed by atoms with Gasteiger partial charge in [-0.15, -0.1) is 0 Å². The predicted molar refractivity (Wildman–Crippen MR) is 64.3 cm³/mol. The quantitative estimate of drug-likeness (QED) is 0.373. The van der Waals surface area contributed by atoms with Crippen molar-refractivity contribution in [1.82, 2.24) is 9.97 Å². The minimum Gasteiger partial charge on any atom is -0.432 e. The van der Waals surface area contributed by atoms with Gasteiger partial charge in [0.25, 0.3) is 0 Å². The Morgan fingerprint density at radius 2 is 2.41 bits per heavy atom. The van der Waals surface area contributed by atoms with Gasteiger partial charge in [-0.25, -0.2) is 9.97 Å². The maximum Gasteiger partial charge on any atom is 0.313 e. The van der Waals surface area contributed by atoms with Crippen LogP contribution in [0.2, 0.25) is 0 Å². The van der Waals surface area contributed by atoms with Crippen molar-refractivity contribution in [3.8, 4) is 0 Å². The van der Waals surface area contributed by atoms with Crippen molar-refractivity contribution in [2.24, 2.45) is 0 Å². The lowest BCUT2D eigenvalue weighted by atomic mass is 10.2. The van der Waals surface area contributed by atoms with E-state index in [9.17, 15) is 9.90 Å². The van der Waals surface area contributed by atoms with Crippen molar-refractivity contribution in [3.05, 3.63) is 30.3 Å². The van der Waals surface area contributed by atoms with Gasteiger partial charge in [-0.2, -0.15) is 0 Å². The summed E-state index contributed by atoms with van der Waals surface area (Å²) in [5.41, 5.74) is 0.406. The van der Waals surface area contributed by atoms with E-state index in [4.69, 9.17) is 4.74 Å². The molecule has 0 saturated carbocycles. The number of ether oxygens (including phenoxy) is 1. The molecule has 0 aromatic carbocycles. The van der Waals surface area contributed by atoms with Crippen LogP contribution in [0.4, 0.5) is 0 Å². The largest absolute Gasteiger partial charge is 0.432 e. The van der Waals surface area contributed by atoms with E-state index in [0.717, 1.165) is 0 Å². The van der Waals surface area contributed by atoms with Gasteiger partial charge in [0, 0.05) is 6.20 Å². The second-order valence-electron chi connectivity index (χ2n) is 3.36. The number of aromatic nitrogens is 2. The predicted octanol–water partition coefficient (Wildman–Crippen LogP) is 1.70. The molecule has 0 fully saturated rings. The van der Waals surface area contributed by atoms with E-state index >= 15 is 0 Å². The van der Waals surface area contributed by atoms with Gasteiger partial charge in [0.15, 0.2) is 5.16 Å². The lowest BCUT2D eigenvalue weighted by Gasteiger charge is -2.09. The standard InChI is InChI=1S/C11H14N2O3S/c1-7(2)16-10(15)6-9(14)8-4-5-12-11(13-8)17-3/h4-5,9,14H,1,6H2,2-3H3. The molecule has 0 bridgehead atoms. The zero-order valence-corrected chi connectivity index (χ0v) is 10.5. The highest BCUT2D eigenvalue weighted by Crippen LogP contribution is 2.17. The summed E-state index contributed by atoms with van der Waals surface area (Å²) in [5.74, 6) is -0.232. The first-order valence-corrected chi connectivity index (χ1v) is 6.16. The van der Waals surface area contributed by atoms with Gasteiger partial charge in [-0.3, -0.25) is 4.79 Å². The average Bonchev–Trinajstić information content (AvgIpc) is 2.27. The molecule has 17 heavy (non-hydrogen) atoms. The van der Waals surface area contributed by atoms with E-state index in [0.29, 0.717) is 16.6 Å². The minimum absolute atomic E-state index is 0.155. The van der Waals surface area contributed by atoms with Crippen LogP contribution >= 0.6 is 11.8 Å². The molecule has 0 aliphatic rings. The molecule has 0 saturated heterocycles. The first kappa shape index (κ1) is 13.7. The normalized spacial score (nSPS) is 11.9. The molecule has 0 spiro atoms. The van der Waals surface area contributed by atoms with Gasteiger partial charge in [-0.05, 0) is 19.2 Å². The Labute approximate surface area is 104 Å². The first-order valence-electron chi connectivity index (χ1n) is 4.94. The third-order valence-corrected chi connectivity index (χ3v) is 2.39. The van der Waals surface area contributed by atoms with Crippen molar-refractivity contribution in [3.63, 3.8) is 0 Å². The molecule has 0 radical (unpaired) electrons. The summed E-state index contributed by atoms with van der Waals surface area (Å²) in [4.78, 5) is 19.4. The number of carbonyl (C=O) groups is 1. The Balaban J connectivity index is 2.65. The van der Waals surface area contributed by atoms with Gasteiger partial charge in [0.05, 0.1) is 17.9 Å². The summed E-state index contributed by atoms with van der Waals surface area (Å²) in [7, 11) is 0. The number of aliphatic hydroxyl groups excluding tert-OH is 1. The number of allylic oxidation sites excluding steroid dienone is 1. The van der Waals surface area contributed by atoms with Crippen molar-refractivity contribution in [1.29, 1.82) is 0 Å². The average molecular weight is 254 g/mol. The Bertz CT molecular complexity index is 423. The topological polar surface area (TPSA) is 72.3 Å². The summed E-state index contributed by atoms with van der Waals surface area (Å²) < 4.78 is 4.76. The van der Waals surface area contributed by atoms with Crippen molar-refractivity contribution < 1.29 is 14.6 Å². The van der Waals surface area contributed by atoms with Crippen LogP contribution in [0, 0.1) is 0 Å². The molecule has 1 heterocycles. The second kappa shape index (κ2) is 6.36. The van der Waals surface area contributed by atoms with Crippen LogP contribution in [0.1, 0.15) is 25.1 Å². The maximum atomic E-state index is 11.3. The van der Waals surface area contributed by atoms with E-state index in [-0.39, 0.29) is 6.42 Å². The molecule has 1 aromatic rings. The SMILES string of the molecule is C=C(C)OC(=O)CC(O)c1ccnc(SC)n1. The number of thioether (sulfide) groups is 1. The fraction of sp³-hybridized carbons (Fsp3) is 0.364. The number of aliphatic hydroxyl groups is 1. The van der Waals surface area contributed by atoms with Crippen molar-refractivity contribution >= 4 is 17.7 Å². The highest BCUT2D eigenvalue weighted by atomic mass is 32.2. The molecule has 1 aromatic heterocycles. The van der Waals surface area contributed by atoms with Crippen LogP contribution in [0.5, 0.6) is 0 Å². The minimum atomic E-state index is -0.990. The molecule has 1 atom stereocenters. The van der Waals surface area contributed by atoms with Gasteiger partial charge in [-0.1, -0.05) is 18.3 Å². The molecule has 0 amide bonds. The van der Waals surface area contributed by atoms with E-state index in [1.807, 2.05) is 6.26 Å². The molecule has 0 aliphatic heterocycles. The summed E-state index contributed by atoms with van der Waals surface area (Å²) in [6.45, 7) is 5.02. The molecule has 6 heteroatoms. The monoisotopic (exact) mass is 254 g/mol. The zero-order chi connectivity index (χ0) is 12.8. The number of rotatable bonds is 5. The van der Waals surface area contributed by atoms with Crippen molar-refractivity contribution in [2.45, 2.75) is 24.6 Å². The fourth-order valence-electron chi connectivity index (χ4n) is 1.14. The molecule has 1 rings (SSSR count). The van der Waals surface area contributed by atoms with Gasteiger partial charge < -0.3 is 9.84 Å². The zero-order valence-electron chi connectivity index (χ0n) is 9.71. The number of hydrogen-bond acceptors (Lipinski definition) is 6. The smallest absolute Gasteiger partial charge is 0.313 e. The second-order valence-corrected chi connectivity index (χ2v) is 4.14. The third-order valence-electron chi connectivity index (χ3n) is 1.83. The van der Waals surface area contributed by atoms with E-state index in [1.165, 1.54) is 11.8 Å². The number of esters is 1. The van der Waals surface area contributed by atoms with Crippen molar-refractivity contribution in [2.75, 3.05) is 6.26 Å². The first-order chi connectivity index (χ1) is 8.02. The lowest BCUT2D eigenvalue weighted by Crippen LogP contribution is -2.10. The lowest BCUT2D eigenvalue weighted by molar-refractivity contribution is -0.141. The fourth-order valence-corrected chi connectivity index (χ4v) is 1.50. The van der Waals surface area contributed by atoms with Crippen LogP contribution in [0.15, 0.2) is 29.8 Å². The molecule has 1 unspecified atom stereocenters. The Hall–Kier alpha value is -1.40. The molecule has 92 valence electrons.